The maximum atomic E-state index is 12.0. The number of carbonyl (C=O) groups is 4. The molecule has 0 aliphatic rings. The highest BCUT2D eigenvalue weighted by Gasteiger charge is 2.27. The third-order valence-corrected chi connectivity index (χ3v) is 2.67. The van der Waals surface area contributed by atoms with Gasteiger partial charge in [0.25, 0.3) is 0 Å². The molecule has 0 aromatic heterocycles. The van der Waals surface area contributed by atoms with Crippen LogP contribution in [0.2, 0.25) is 0 Å². The summed E-state index contributed by atoms with van der Waals surface area (Å²) in [5.74, 6) is -3.14. The molecule has 8 heteroatoms. The lowest BCUT2D eigenvalue weighted by atomic mass is 10.1. The molecule has 0 aliphatic carbocycles. The van der Waals surface area contributed by atoms with Crippen molar-refractivity contribution in [2.45, 2.75) is 13.0 Å². The van der Waals surface area contributed by atoms with E-state index in [9.17, 15) is 19.2 Å². The number of carbonyl (C=O) groups excluding carboxylic acids is 4. The Morgan fingerprint density at radius 3 is 2.04 bits per heavy atom. The quantitative estimate of drug-likeness (QED) is 0.329. The van der Waals surface area contributed by atoms with E-state index in [1.807, 2.05) is 0 Å². The van der Waals surface area contributed by atoms with Crippen LogP contribution < -0.4 is 4.74 Å². The van der Waals surface area contributed by atoms with Gasteiger partial charge in [-0.1, -0.05) is 12.1 Å². The molecule has 1 aromatic rings. The van der Waals surface area contributed by atoms with E-state index in [-0.39, 0.29) is 5.56 Å². The second-order valence-corrected chi connectivity index (χ2v) is 4.36. The second-order valence-electron chi connectivity index (χ2n) is 4.36. The Morgan fingerprint density at radius 1 is 0.958 bits per heavy atom. The van der Waals surface area contributed by atoms with Gasteiger partial charge in [0.1, 0.15) is 5.75 Å². The van der Waals surface area contributed by atoms with E-state index in [1.54, 1.807) is 12.1 Å². The summed E-state index contributed by atoms with van der Waals surface area (Å²) in [7, 11) is 2.61. The van der Waals surface area contributed by atoms with Gasteiger partial charge >= 0.3 is 23.9 Å². The van der Waals surface area contributed by atoms with Crippen molar-refractivity contribution in [2.24, 2.45) is 0 Å². The van der Waals surface area contributed by atoms with Crippen LogP contribution in [0.15, 0.2) is 36.4 Å². The molecule has 8 nitrogen and oxygen atoms in total. The van der Waals surface area contributed by atoms with Crippen molar-refractivity contribution in [1.29, 1.82) is 0 Å². The minimum atomic E-state index is -1.48. The van der Waals surface area contributed by atoms with Gasteiger partial charge in [-0.15, -0.1) is 0 Å². The van der Waals surface area contributed by atoms with Crippen LogP contribution in [0.1, 0.15) is 18.6 Å². The zero-order valence-corrected chi connectivity index (χ0v) is 13.3. The third kappa shape index (κ3) is 5.91. The summed E-state index contributed by atoms with van der Waals surface area (Å²) < 4.78 is 18.8. The van der Waals surface area contributed by atoms with Gasteiger partial charge in [-0.05, 0) is 12.1 Å². The van der Waals surface area contributed by atoms with Crippen molar-refractivity contribution < 1.29 is 38.1 Å². The highest BCUT2D eigenvalue weighted by atomic mass is 16.6. The zero-order chi connectivity index (χ0) is 18.1. The van der Waals surface area contributed by atoms with Crippen LogP contribution in [-0.2, 0) is 33.4 Å². The number of hydrogen-bond donors (Lipinski definition) is 0. The van der Waals surface area contributed by atoms with Crippen LogP contribution >= 0.6 is 0 Å². The van der Waals surface area contributed by atoms with Crippen molar-refractivity contribution in [3.8, 4) is 5.75 Å². The number of esters is 4. The molecule has 0 amide bonds. The molecule has 0 heterocycles. The smallest absolute Gasteiger partial charge is 0.359 e. The number of hydrogen-bond acceptors (Lipinski definition) is 8. The lowest BCUT2D eigenvalue weighted by Gasteiger charge is -2.15. The zero-order valence-electron chi connectivity index (χ0n) is 13.3. The van der Waals surface area contributed by atoms with Crippen LogP contribution in [-0.4, -0.2) is 38.1 Å². The fourth-order valence-electron chi connectivity index (χ4n) is 1.59. The molecule has 0 radical (unpaired) electrons. The first kappa shape index (κ1) is 18.9. The van der Waals surface area contributed by atoms with Crippen molar-refractivity contribution in [2.75, 3.05) is 14.2 Å². The molecule has 1 rings (SSSR count). The largest absolute Gasteiger partial charge is 0.497 e. The molecule has 128 valence electrons. The Hall–Kier alpha value is -3.16. The van der Waals surface area contributed by atoms with E-state index < -0.39 is 30.0 Å². The van der Waals surface area contributed by atoms with Gasteiger partial charge in [-0.25, -0.2) is 14.4 Å². The van der Waals surface area contributed by atoms with Crippen LogP contribution in [0.4, 0.5) is 0 Å². The lowest BCUT2D eigenvalue weighted by Crippen LogP contribution is -2.23. The SMILES string of the molecule is COC(=O)/C=C/C(=O)OC(C(=O)OC(C)=O)c1ccc(OC)cc1. The molecule has 0 N–H and O–H groups in total. The monoisotopic (exact) mass is 336 g/mol. The Labute approximate surface area is 137 Å². The molecular formula is C16H16O8. The fourth-order valence-corrected chi connectivity index (χ4v) is 1.59. The Kier molecular flexibility index (Phi) is 7.15. The van der Waals surface area contributed by atoms with Crippen LogP contribution in [0, 0.1) is 0 Å². The van der Waals surface area contributed by atoms with Crippen molar-refractivity contribution in [3.63, 3.8) is 0 Å². The summed E-state index contributed by atoms with van der Waals surface area (Å²) in [6, 6.07) is 6.04. The van der Waals surface area contributed by atoms with E-state index in [0.29, 0.717) is 5.75 Å². The van der Waals surface area contributed by atoms with Crippen LogP contribution in [0.25, 0.3) is 0 Å². The standard InChI is InChI=1S/C16H16O8/c1-10(17)23-16(20)15(11-4-6-12(21-2)7-5-11)24-14(19)9-8-13(18)22-3/h4-9,15H,1-3H3/b9-8+. The lowest BCUT2D eigenvalue weighted by molar-refractivity contribution is -0.171. The summed E-state index contributed by atoms with van der Waals surface area (Å²) in [4.78, 5) is 45.6. The van der Waals surface area contributed by atoms with Crippen molar-refractivity contribution >= 4 is 23.9 Å². The van der Waals surface area contributed by atoms with Gasteiger partial charge in [0.15, 0.2) is 0 Å². The molecule has 1 aromatic carbocycles. The molecule has 0 aliphatic heterocycles. The Bertz CT molecular complexity index is 645. The molecule has 0 saturated heterocycles. The Morgan fingerprint density at radius 2 is 1.54 bits per heavy atom. The molecule has 0 fully saturated rings. The van der Waals surface area contributed by atoms with Gasteiger partial charge in [0, 0.05) is 24.6 Å². The topological polar surface area (TPSA) is 105 Å². The van der Waals surface area contributed by atoms with Crippen LogP contribution in [0.3, 0.4) is 0 Å². The fraction of sp³-hybridized carbons (Fsp3) is 0.250. The minimum absolute atomic E-state index is 0.266. The first-order valence-electron chi connectivity index (χ1n) is 6.70. The Balaban J connectivity index is 2.98. The maximum Gasteiger partial charge on any atom is 0.359 e. The van der Waals surface area contributed by atoms with E-state index >= 15 is 0 Å². The summed E-state index contributed by atoms with van der Waals surface area (Å²) in [6.07, 6.45) is 0.155. The highest BCUT2D eigenvalue weighted by molar-refractivity contribution is 5.94. The molecule has 1 atom stereocenters. The van der Waals surface area contributed by atoms with Gasteiger partial charge in [-0.2, -0.15) is 0 Å². The minimum Gasteiger partial charge on any atom is -0.497 e. The van der Waals surface area contributed by atoms with Gasteiger partial charge < -0.3 is 18.9 Å². The predicted octanol–water partition coefficient (Wildman–Crippen LogP) is 1.10. The summed E-state index contributed by atoms with van der Waals surface area (Å²) in [5.41, 5.74) is 0.266. The number of benzene rings is 1. The normalized spacial score (nSPS) is 11.5. The number of ether oxygens (including phenoxy) is 4. The van der Waals surface area contributed by atoms with Crippen molar-refractivity contribution in [1.82, 2.24) is 0 Å². The molecular weight excluding hydrogens is 320 g/mol. The second kappa shape index (κ2) is 9.09. The van der Waals surface area contributed by atoms with Crippen molar-refractivity contribution in [3.05, 3.63) is 42.0 Å². The van der Waals surface area contributed by atoms with Gasteiger partial charge in [0.05, 0.1) is 14.2 Å². The van der Waals surface area contributed by atoms with Gasteiger partial charge in [0.2, 0.25) is 6.10 Å². The molecule has 0 bridgehead atoms. The van der Waals surface area contributed by atoms with E-state index in [2.05, 4.69) is 9.47 Å². The molecule has 0 spiro atoms. The highest BCUT2D eigenvalue weighted by Crippen LogP contribution is 2.22. The molecule has 24 heavy (non-hydrogen) atoms. The summed E-state index contributed by atoms with van der Waals surface area (Å²) >= 11 is 0. The third-order valence-electron chi connectivity index (χ3n) is 2.67. The average molecular weight is 336 g/mol. The number of rotatable bonds is 6. The van der Waals surface area contributed by atoms with Crippen LogP contribution in [0.5, 0.6) is 5.75 Å². The average Bonchev–Trinajstić information content (AvgIpc) is 2.56. The summed E-state index contributed by atoms with van der Waals surface area (Å²) in [6.45, 7) is 1.04. The van der Waals surface area contributed by atoms with E-state index in [1.165, 1.54) is 19.2 Å². The van der Waals surface area contributed by atoms with E-state index in [0.717, 1.165) is 26.2 Å². The summed E-state index contributed by atoms with van der Waals surface area (Å²) in [5, 5.41) is 0. The number of methoxy groups -OCH3 is 2. The predicted molar refractivity (Wildman–Crippen MR) is 79.8 cm³/mol. The maximum absolute atomic E-state index is 12.0. The molecule has 1 unspecified atom stereocenters. The first-order chi connectivity index (χ1) is 11.4. The van der Waals surface area contributed by atoms with E-state index in [4.69, 9.17) is 9.47 Å². The van der Waals surface area contributed by atoms with Gasteiger partial charge in [-0.3, -0.25) is 4.79 Å². The first-order valence-corrected chi connectivity index (χ1v) is 6.70. The molecule has 0 saturated carbocycles.